The van der Waals surface area contributed by atoms with Crippen LogP contribution in [0.5, 0.6) is 0 Å². The summed E-state index contributed by atoms with van der Waals surface area (Å²) in [5, 5.41) is 0. The quantitative estimate of drug-likeness (QED) is 0.0992. The number of carbonyl (C=O) groups is 8. The highest BCUT2D eigenvalue weighted by Crippen LogP contribution is 2.24. The number of nitrogens with zero attached hydrogens (tertiary/aromatic N) is 2. The molecule has 2 amide bonds. The van der Waals surface area contributed by atoms with Gasteiger partial charge in [-0.05, 0) is 110 Å². The SMILES string of the molecule is CC(C)(C)OC(=O)N1CCC(=O)/C(=C/c2ccc(F)cc2)C1.CCOC(=O)C(=O)C1CN(C(=O)OC(C)(C)C)C/C(=C\c2ccc(F)cc2)C1=O.CCOC(=O)C(=O)OCC. The lowest BCUT2D eigenvalue weighted by Crippen LogP contribution is -2.51. The second-order valence-electron chi connectivity index (χ2n) is 15.3. The maximum absolute atomic E-state index is 13.1. The molecule has 2 aromatic rings. The number of benzene rings is 2. The van der Waals surface area contributed by atoms with Gasteiger partial charge in [0.2, 0.25) is 0 Å². The van der Waals surface area contributed by atoms with E-state index < -0.39 is 64.6 Å². The van der Waals surface area contributed by atoms with Gasteiger partial charge < -0.3 is 33.5 Å². The van der Waals surface area contributed by atoms with Gasteiger partial charge in [0, 0.05) is 30.7 Å². The number of carbonyl (C=O) groups excluding carboxylic acids is 8. The van der Waals surface area contributed by atoms with Gasteiger partial charge >= 0.3 is 30.1 Å². The van der Waals surface area contributed by atoms with Crippen LogP contribution in [-0.4, -0.2) is 114 Å². The molecule has 1 unspecified atom stereocenters. The van der Waals surface area contributed by atoms with Crippen LogP contribution in [0.4, 0.5) is 18.4 Å². The Bertz CT molecular complexity index is 1950. The first kappa shape index (κ1) is 50.9. The molecular weight excluding hydrogens is 802 g/mol. The minimum absolute atomic E-state index is 0.00383. The van der Waals surface area contributed by atoms with E-state index in [1.165, 1.54) is 52.3 Å². The molecule has 2 saturated heterocycles. The Hall–Kier alpha value is -6.26. The minimum atomic E-state index is -1.39. The lowest BCUT2D eigenvalue weighted by Gasteiger charge is -2.33. The van der Waals surface area contributed by atoms with Gasteiger partial charge in [0.25, 0.3) is 5.78 Å². The third kappa shape index (κ3) is 17.9. The van der Waals surface area contributed by atoms with Crippen molar-refractivity contribution in [2.24, 2.45) is 5.92 Å². The van der Waals surface area contributed by atoms with Crippen molar-refractivity contribution < 1.29 is 70.8 Å². The Morgan fingerprint density at radius 2 is 1.02 bits per heavy atom. The number of hydrogen-bond acceptors (Lipinski definition) is 13. The normalized spacial score (nSPS) is 16.6. The summed E-state index contributed by atoms with van der Waals surface area (Å²) in [6.07, 6.45) is 2.29. The van der Waals surface area contributed by atoms with E-state index in [4.69, 9.17) is 14.2 Å². The van der Waals surface area contributed by atoms with Crippen molar-refractivity contribution >= 4 is 59.6 Å². The smallest absolute Gasteiger partial charge is 0.417 e. The van der Waals surface area contributed by atoms with Crippen molar-refractivity contribution in [3.05, 3.63) is 82.4 Å². The molecule has 0 bridgehead atoms. The number of esters is 3. The third-order valence-electron chi connectivity index (χ3n) is 7.96. The monoisotopic (exact) mass is 856 g/mol. The number of likely N-dealkylation sites (tertiary alicyclic amines) is 2. The van der Waals surface area contributed by atoms with E-state index in [1.807, 2.05) is 0 Å². The molecule has 1 atom stereocenters. The molecule has 0 N–H and O–H groups in total. The van der Waals surface area contributed by atoms with E-state index in [0.717, 1.165) is 5.56 Å². The summed E-state index contributed by atoms with van der Waals surface area (Å²) in [5.41, 5.74) is 0.568. The fraction of sp³-hybridized carbons (Fsp3) is 0.455. The standard InChI is InChI=1S/C21H24FNO6.C17H20FNO3.C6H10O4/c1-5-28-19(26)18(25)16-12-23(20(27)29-21(2,3)4)11-14(17(16)24)10-13-6-8-15(22)9-7-13;1-17(2,3)22-16(21)19-9-8-15(20)13(11-19)10-12-4-6-14(18)7-5-12;1-3-9-5(7)6(8)10-4-2/h6-10,16H,5,11-12H2,1-4H3;4-7,10H,8-9,11H2,1-3H3;3-4H2,1-2H3/b14-10+;13-10+;. The molecule has 2 aliphatic heterocycles. The molecular formula is C44H54F2N2O13. The number of ether oxygens (including phenoxy) is 5. The molecule has 2 fully saturated rings. The van der Waals surface area contributed by atoms with Gasteiger partial charge in [-0.25, -0.2) is 32.8 Å². The number of amides is 2. The summed E-state index contributed by atoms with van der Waals surface area (Å²) in [5.74, 6) is -6.72. The molecule has 2 aliphatic rings. The third-order valence-corrected chi connectivity index (χ3v) is 7.96. The number of piperidine rings is 2. The average molecular weight is 857 g/mol. The molecule has 0 radical (unpaired) electrons. The maximum atomic E-state index is 13.1. The summed E-state index contributed by atoms with van der Waals surface area (Å²) in [6.45, 7) is 15.8. The van der Waals surface area contributed by atoms with E-state index in [0.29, 0.717) is 17.7 Å². The number of halogens is 2. The highest BCUT2D eigenvalue weighted by Gasteiger charge is 2.42. The number of ketones is 3. The second kappa shape index (κ2) is 23.5. The molecule has 0 saturated carbocycles. The van der Waals surface area contributed by atoms with Crippen molar-refractivity contribution in [1.29, 1.82) is 0 Å². The van der Waals surface area contributed by atoms with Gasteiger partial charge in [0.05, 0.1) is 32.9 Å². The van der Waals surface area contributed by atoms with Crippen LogP contribution in [0.2, 0.25) is 0 Å². The minimum Gasteiger partial charge on any atom is -0.460 e. The van der Waals surface area contributed by atoms with E-state index in [-0.39, 0.29) is 63.0 Å². The molecule has 332 valence electrons. The molecule has 2 aromatic carbocycles. The van der Waals surface area contributed by atoms with Crippen LogP contribution in [0.1, 0.15) is 79.9 Å². The van der Waals surface area contributed by atoms with Gasteiger partial charge in [-0.15, -0.1) is 0 Å². The fourth-order valence-corrected chi connectivity index (χ4v) is 5.28. The molecule has 0 aromatic heterocycles. The summed E-state index contributed by atoms with van der Waals surface area (Å²) >= 11 is 0. The molecule has 2 heterocycles. The maximum Gasteiger partial charge on any atom is 0.417 e. The van der Waals surface area contributed by atoms with E-state index in [2.05, 4.69) is 9.47 Å². The molecule has 15 nitrogen and oxygen atoms in total. The van der Waals surface area contributed by atoms with Crippen molar-refractivity contribution in [2.45, 2.75) is 79.9 Å². The van der Waals surface area contributed by atoms with Gasteiger partial charge in [0.1, 0.15) is 28.8 Å². The number of Topliss-reactive ketones (excluding diaryl/α,β-unsaturated/α-hetero) is 3. The Morgan fingerprint density at radius 3 is 1.44 bits per heavy atom. The molecule has 4 rings (SSSR count). The molecule has 17 heteroatoms. The lowest BCUT2D eigenvalue weighted by molar-refractivity contribution is -0.167. The van der Waals surface area contributed by atoms with Crippen LogP contribution in [0.25, 0.3) is 12.2 Å². The highest BCUT2D eigenvalue weighted by atomic mass is 19.1. The van der Waals surface area contributed by atoms with Gasteiger partial charge in [-0.1, -0.05) is 24.3 Å². The van der Waals surface area contributed by atoms with E-state index >= 15 is 0 Å². The number of rotatable bonds is 7. The predicted molar refractivity (Wildman–Crippen MR) is 217 cm³/mol. The fourth-order valence-electron chi connectivity index (χ4n) is 5.28. The largest absolute Gasteiger partial charge is 0.460 e. The van der Waals surface area contributed by atoms with Gasteiger partial charge in [0.15, 0.2) is 11.6 Å². The zero-order valence-corrected chi connectivity index (χ0v) is 36.0. The summed E-state index contributed by atoms with van der Waals surface area (Å²) in [4.78, 5) is 97.3. The van der Waals surface area contributed by atoms with Crippen molar-refractivity contribution in [3.8, 4) is 0 Å². The Morgan fingerprint density at radius 1 is 0.623 bits per heavy atom. The molecule has 0 spiro atoms. The first-order valence-electron chi connectivity index (χ1n) is 19.5. The Labute approximate surface area is 353 Å². The zero-order chi connectivity index (χ0) is 46.1. The van der Waals surface area contributed by atoms with E-state index in [9.17, 15) is 47.1 Å². The van der Waals surface area contributed by atoms with Crippen molar-refractivity contribution in [3.63, 3.8) is 0 Å². The average Bonchev–Trinajstić information content (AvgIpc) is 3.17. The first-order chi connectivity index (χ1) is 28.5. The van der Waals surface area contributed by atoms with Crippen LogP contribution in [-0.2, 0) is 52.5 Å². The molecule has 0 aliphatic carbocycles. The summed E-state index contributed by atoms with van der Waals surface area (Å²) < 4.78 is 50.1. The molecule has 61 heavy (non-hydrogen) atoms. The van der Waals surface area contributed by atoms with Gasteiger partial charge in [-0.2, -0.15) is 0 Å². The highest BCUT2D eigenvalue weighted by molar-refractivity contribution is 6.40. The Kier molecular flexibility index (Phi) is 19.6. The van der Waals surface area contributed by atoms with Gasteiger partial charge in [-0.3, -0.25) is 14.4 Å². The Balaban J connectivity index is 0.000000352. The lowest BCUT2D eigenvalue weighted by atomic mass is 9.88. The van der Waals surface area contributed by atoms with E-state index in [1.54, 1.807) is 80.5 Å². The van der Waals surface area contributed by atoms with Crippen LogP contribution >= 0.6 is 0 Å². The van der Waals surface area contributed by atoms with Crippen molar-refractivity contribution in [1.82, 2.24) is 9.80 Å². The second-order valence-corrected chi connectivity index (χ2v) is 15.3. The zero-order valence-electron chi connectivity index (χ0n) is 36.0. The van der Waals surface area contributed by atoms with Crippen LogP contribution in [0, 0.1) is 17.6 Å². The van der Waals surface area contributed by atoms with Crippen LogP contribution in [0.3, 0.4) is 0 Å². The first-order valence-corrected chi connectivity index (χ1v) is 19.5. The van der Waals surface area contributed by atoms with Crippen LogP contribution < -0.4 is 0 Å². The number of hydrogen-bond donors (Lipinski definition) is 0. The predicted octanol–water partition coefficient (Wildman–Crippen LogP) is 6.31. The topological polar surface area (TPSA) is 189 Å². The van der Waals surface area contributed by atoms with Crippen LogP contribution in [0.15, 0.2) is 59.7 Å². The summed E-state index contributed by atoms with van der Waals surface area (Å²) in [7, 11) is 0. The van der Waals surface area contributed by atoms with Crippen molar-refractivity contribution in [2.75, 3.05) is 46.0 Å². The summed E-state index contributed by atoms with van der Waals surface area (Å²) in [6, 6.07) is 11.3.